The quantitative estimate of drug-likeness (QED) is 0.911. The van der Waals surface area contributed by atoms with Gasteiger partial charge in [-0.15, -0.1) is 11.3 Å². The van der Waals surface area contributed by atoms with Crippen LogP contribution in [0.25, 0.3) is 0 Å². The summed E-state index contributed by atoms with van der Waals surface area (Å²) in [4.78, 5) is 11.3. The van der Waals surface area contributed by atoms with E-state index in [9.17, 15) is 13.2 Å². The average molecular weight is 351 g/mol. The molecule has 1 N–H and O–H groups in total. The lowest BCUT2D eigenvalue weighted by molar-refractivity contribution is 0.0696. The van der Waals surface area contributed by atoms with Gasteiger partial charge in [-0.1, -0.05) is 23.2 Å². The molecule has 1 aromatic carbocycles. The largest absolute Gasteiger partial charge is 0.478 e. The first-order chi connectivity index (χ1) is 9.29. The van der Waals surface area contributed by atoms with Crippen LogP contribution in [0, 0.1) is 0 Å². The molecule has 0 radical (unpaired) electrons. The molecule has 0 bridgehead atoms. The Hall–Kier alpha value is -1.08. The van der Waals surface area contributed by atoms with Crippen LogP contribution in [0.1, 0.15) is 15.2 Å². The van der Waals surface area contributed by atoms with Gasteiger partial charge in [0.05, 0.1) is 25.6 Å². The summed E-state index contributed by atoms with van der Waals surface area (Å²) < 4.78 is 25.1. The van der Waals surface area contributed by atoms with Gasteiger partial charge in [0.1, 0.15) is 0 Å². The fraction of sp³-hybridized carbons (Fsp3) is 0.0833. The number of hydrogen-bond acceptors (Lipinski definition) is 4. The molecule has 0 unspecified atom stereocenters. The molecule has 0 aliphatic rings. The van der Waals surface area contributed by atoms with Gasteiger partial charge >= 0.3 is 5.97 Å². The summed E-state index contributed by atoms with van der Waals surface area (Å²) in [6.07, 6.45) is 0. The van der Waals surface area contributed by atoms with Crippen molar-refractivity contribution in [1.29, 1.82) is 0 Å². The number of hydrogen-bond donors (Lipinski definition) is 1. The summed E-state index contributed by atoms with van der Waals surface area (Å²) in [6.45, 7) is 0. The van der Waals surface area contributed by atoms with E-state index in [0.717, 1.165) is 17.4 Å². The first-order valence-corrected chi connectivity index (χ1v) is 8.52. The summed E-state index contributed by atoms with van der Waals surface area (Å²) in [5.74, 6) is -1.48. The second kappa shape index (κ2) is 5.73. The van der Waals surface area contributed by atoms with Gasteiger partial charge in [-0.3, -0.25) is 0 Å². The predicted molar refractivity (Wildman–Crippen MR) is 78.6 cm³/mol. The lowest BCUT2D eigenvalue weighted by atomic mass is 10.2. The number of sulfone groups is 1. The van der Waals surface area contributed by atoms with Crippen LogP contribution in [0.15, 0.2) is 35.2 Å². The molecule has 0 atom stereocenters. The lowest BCUT2D eigenvalue weighted by Crippen LogP contribution is -2.07. The third-order valence-corrected chi connectivity index (χ3v) is 6.03. The molecule has 4 nitrogen and oxygen atoms in total. The van der Waals surface area contributed by atoms with Gasteiger partial charge in [-0.2, -0.15) is 0 Å². The minimum absolute atomic E-state index is 0.00217. The first kappa shape index (κ1) is 15.3. The van der Waals surface area contributed by atoms with Crippen LogP contribution in [0.4, 0.5) is 0 Å². The fourth-order valence-electron chi connectivity index (χ4n) is 1.57. The summed E-state index contributed by atoms with van der Waals surface area (Å²) in [6, 6.07) is 6.80. The van der Waals surface area contributed by atoms with E-state index in [-0.39, 0.29) is 21.2 Å². The zero-order valence-electron chi connectivity index (χ0n) is 9.84. The maximum Gasteiger partial charge on any atom is 0.335 e. The van der Waals surface area contributed by atoms with Gasteiger partial charge in [0.25, 0.3) is 0 Å². The van der Waals surface area contributed by atoms with E-state index in [1.807, 2.05) is 0 Å². The maximum absolute atomic E-state index is 12.3. The maximum atomic E-state index is 12.3. The Kier molecular flexibility index (Phi) is 4.39. The molecule has 106 valence electrons. The van der Waals surface area contributed by atoms with Crippen LogP contribution in [-0.4, -0.2) is 19.5 Å². The molecule has 1 aromatic heterocycles. The Morgan fingerprint density at radius 3 is 2.45 bits per heavy atom. The Bertz CT molecular complexity index is 766. The molecular weight excluding hydrogens is 343 g/mol. The van der Waals surface area contributed by atoms with E-state index in [4.69, 9.17) is 28.3 Å². The third kappa shape index (κ3) is 3.32. The van der Waals surface area contributed by atoms with E-state index in [1.54, 1.807) is 12.1 Å². The normalized spacial score (nSPS) is 11.5. The summed E-state index contributed by atoms with van der Waals surface area (Å²) in [5.41, 5.74) is -0.128. The van der Waals surface area contributed by atoms with Gasteiger partial charge < -0.3 is 5.11 Å². The van der Waals surface area contributed by atoms with Crippen LogP contribution in [0.3, 0.4) is 0 Å². The number of carboxylic acids is 1. The summed E-state index contributed by atoms with van der Waals surface area (Å²) in [5, 5.41) is 8.90. The predicted octanol–water partition coefficient (Wildman–Crippen LogP) is 3.73. The molecule has 0 aliphatic carbocycles. The number of rotatable bonds is 4. The van der Waals surface area contributed by atoms with Crippen molar-refractivity contribution in [3.05, 3.63) is 50.1 Å². The monoisotopic (exact) mass is 350 g/mol. The van der Waals surface area contributed by atoms with Crippen LogP contribution in [-0.2, 0) is 15.6 Å². The second-order valence-corrected chi connectivity index (χ2v) is 8.08. The van der Waals surface area contributed by atoms with Crippen molar-refractivity contribution >= 4 is 50.3 Å². The highest BCUT2D eigenvalue weighted by Gasteiger charge is 2.21. The number of benzene rings is 1. The highest BCUT2D eigenvalue weighted by Crippen LogP contribution is 2.29. The zero-order valence-corrected chi connectivity index (χ0v) is 13.0. The molecule has 2 rings (SSSR count). The molecule has 0 aliphatic heterocycles. The third-order valence-electron chi connectivity index (χ3n) is 2.47. The van der Waals surface area contributed by atoms with Gasteiger partial charge in [0, 0.05) is 4.88 Å². The molecule has 1 heterocycles. The summed E-state index contributed by atoms with van der Waals surface area (Å²) in [7, 11) is -3.73. The molecule has 0 fully saturated rings. The highest BCUT2D eigenvalue weighted by atomic mass is 35.5. The number of carbonyl (C=O) groups is 1. The standard InChI is InChI=1S/C12H8Cl2O4S2/c13-9-3-1-7(12(15)16)5-10(9)20(17,18)6-8-2-4-11(14)19-8/h1-5H,6H2,(H,15,16). The molecule has 0 amide bonds. The van der Waals surface area contributed by atoms with Crippen molar-refractivity contribution in [3.63, 3.8) is 0 Å². The van der Waals surface area contributed by atoms with Crippen LogP contribution in [0.2, 0.25) is 9.36 Å². The number of halogens is 2. The van der Waals surface area contributed by atoms with E-state index < -0.39 is 15.8 Å². The topological polar surface area (TPSA) is 71.4 Å². The minimum Gasteiger partial charge on any atom is -0.478 e. The van der Waals surface area contributed by atoms with Crippen LogP contribution >= 0.6 is 34.5 Å². The molecule has 8 heteroatoms. The summed E-state index contributed by atoms with van der Waals surface area (Å²) >= 11 is 12.8. The van der Waals surface area contributed by atoms with Crippen LogP contribution < -0.4 is 0 Å². The minimum atomic E-state index is -3.73. The van der Waals surface area contributed by atoms with E-state index in [2.05, 4.69) is 0 Å². The molecule has 20 heavy (non-hydrogen) atoms. The van der Waals surface area contributed by atoms with Crippen molar-refractivity contribution in [2.75, 3.05) is 0 Å². The van der Waals surface area contributed by atoms with Crippen molar-refractivity contribution < 1.29 is 18.3 Å². The Morgan fingerprint density at radius 2 is 1.90 bits per heavy atom. The van der Waals surface area contributed by atoms with Crippen molar-refractivity contribution in [3.8, 4) is 0 Å². The second-order valence-electron chi connectivity index (χ2n) is 3.92. The fourth-order valence-corrected chi connectivity index (χ4v) is 4.92. The Morgan fingerprint density at radius 1 is 1.20 bits per heavy atom. The van der Waals surface area contributed by atoms with Crippen molar-refractivity contribution in [1.82, 2.24) is 0 Å². The smallest absolute Gasteiger partial charge is 0.335 e. The highest BCUT2D eigenvalue weighted by molar-refractivity contribution is 7.91. The van der Waals surface area contributed by atoms with E-state index in [1.165, 1.54) is 12.1 Å². The van der Waals surface area contributed by atoms with Crippen LogP contribution in [0.5, 0.6) is 0 Å². The Labute approximate surface area is 129 Å². The van der Waals surface area contributed by atoms with E-state index >= 15 is 0 Å². The first-order valence-electron chi connectivity index (χ1n) is 5.29. The number of aromatic carboxylic acids is 1. The molecular formula is C12H8Cl2O4S2. The van der Waals surface area contributed by atoms with Gasteiger partial charge in [0.2, 0.25) is 0 Å². The zero-order chi connectivity index (χ0) is 14.9. The van der Waals surface area contributed by atoms with Gasteiger partial charge in [0.15, 0.2) is 9.84 Å². The molecule has 0 saturated carbocycles. The Balaban J connectivity index is 2.43. The lowest BCUT2D eigenvalue weighted by Gasteiger charge is -2.06. The number of carboxylic acid groups (broad SMARTS) is 1. The van der Waals surface area contributed by atoms with Gasteiger partial charge in [-0.05, 0) is 30.3 Å². The van der Waals surface area contributed by atoms with Crippen molar-refractivity contribution in [2.45, 2.75) is 10.6 Å². The molecule has 0 saturated heterocycles. The average Bonchev–Trinajstić information content (AvgIpc) is 2.73. The SMILES string of the molecule is O=C(O)c1ccc(Cl)c(S(=O)(=O)Cc2ccc(Cl)s2)c1. The molecule has 2 aromatic rings. The molecule has 0 spiro atoms. The van der Waals surface area contributed by atoms with Crippen molar-refractivity contribution in [2.24, 2.45) is 0 Å². The van der Waals surface area contributed by atoms with E-state index in [0.29, 0.717) is 9.21 Å². The van der Waals surface area contributed by atoms with Gasteiger partial charge in [-0.25, -0.2) is 13.2 Å². The number of thiophene rings is 1.